The van der Waals surface area contributed by atoms with Crippen LogP contribution >= 0.6 is 22.9 Å². The van der Waals surface area contributed by atoms with Gasteiger partial charge in [-0.15, -0.1) is 21.5 Å². The summed E-state index contributed by atoms with van der Waals surface area (Å²) in [5.74, 6) is 1.49. The number of aliphatic imine (C=N–C) groups is 1. The van der Waals surface area contributed by atoms with Crippen LogP contribution in [0.1, 0.15) is 77.8 Å². The zero-order valence-electron chi connectivity index (χ0n) is 27.2. The number of rotatable bonds is 13. The van der Waals surface area contributed by atoms with Gasteiger partial charge < -0.3 is 20.6 Å². The molecule has 0 radical (unpaired) electrons. The third kappa shape index (κ3) is 8.57. The van der Waals surface area contributed by atoms with Gasteiger partial charge in [0, 0.05) is 66.7 Å². The molecule has 1 saturated heterocycles. The molecule has 252 valence electrons. The van der Waals surface area contributed by atoms with Crippen molar-refractivity contribution in [3.8, 4) is 5.00 Å². The van der Waals surface area contributed by atoms with Crippen LogP contribution in [0, 0.1) is 20.8 Å². The second kappa shape index (κ2) is 15.9. The first-order chi connectivity index (χ1) is 22.6. The highest BCUT2D eigenvalue weighted by atomic mass is 35.5. The number of hydrogen-bond donors (Lipinski definition) is 3. The van der Waals surface area contributed by atoms with Gasteiger partial charge in [0.05, 0.1) is 12.1 Å². The van der Waals surface area contributed by atoms with Crippen molar-refractivity contribution in [3.63, 3.8) is 0 Å². The van der Waals surface area contributed by atoms with Crippen molar-refractivity contribution in [1.29, 1.82) is 0 Å². The minimum Gasteiger partial charge on any atom is -0.465 e. The molecule has 4 heterocycles. The summed E-state index contributed by atoms with van der Waals surface area (Å²) in [7, 11) is 0. The standard InChI is InChI=1S/C33H43ClN8O4S/c1-21-22(2)47-32-29(21)30(24-9-11-25(34)12-10-24)37-26(31-39-38-23(3)42(31)32)20-27(43)35-14-7-15-40-16-18-41(19-17-40)28(44)8-5-4-6-13-36-33(45)46/h9-12,26,36H,4-8,13-20H2,1-3H3,(H,35,43)(H,45,46). The summed E-state index contributed by atoms with van der Waals surface area (Å²) >= 11 is 7.89. The van der Waals surface area contributed by atoms with Gasteiger partial charge in [-0.1, -0.05) is 30.2 Å². The largest absolute Gasteiger partial charge is 0.465 e. The topological polar surface area (TPSA) is 145 Å². The number of aryl methyl sites for hydroxylation is 2. The second-order valence-electron chi connectivity index (χ2n) is 12.1. The van der Waals surface area contributed by atoms with Crippen molar-refractivity contribution >= 4 is 46.6 Å². The van der Waals surface area contributed by atoms with Crippen LogP contribution in [-0.4, -0.2) is 99.1 Å². The molecule has 1 unspecified atom stereocenters. The van der Waals surface area contributed by atoms with Crippen molar-refractivity contribution in [1.82, 2.24) is 35.2 Å². The number of aromatic nitrogens is 3. The van der Waals surface area contributed by atoms with Crippen LogP contribution < -0.4 is 10.6 Å². The summed E-state index contributed by atoms with van der Waals surface area (Å²) in [4.78, 5) is 47.0. The minimum absolute atomic E-state index is 0.0891. The molecule has 2 aliphatic heterocycles. The number of benzene rings is 1. The zero-order chi connectivity index (χ0) is 33.5. The fourth-order valence-electron chi connectivity index (χ4n) is 6.06. The van der Waals surface area contributed by atoms with E-state index in [2.05, 4.69) is 44.1 Å². The SMILES string of the molecule is Cc1sc2c(c1C)C(c1ccc(Cl)cc1)=NC(CC(=O)NCCCN1CCN(C(=O)CCCCCNC(=O)O)CC1)c1nnc(C)n1-2. The molecule has 1 fully saturated rings. The number of carboxylic acid groups (broad SMARTS) is 1. The number of thiophene rings is 1. The monoisotopic (exact) mass is 682 g/mol. The van der Waals surface area contributed by atoms with E-state index >= 15 is 0 Å². The number of amides is 3. The van der Waals surface area contributed by atoms with Crippen LogP contribution in [0.4, 0.5) is 4.79 Å². The fraction of sp³-hybridized carbons (Fsp3) is 0.515. The smallest absolute Gasteiger partial charge is 0.404 e. The molecule has 12 nitrogen and oxygen atoms in total. The molecule has 0 aliphatic carbocycles. The molecule has 3 N–H and O–H groups in total. The van der Waals surface area contributed by atoms with Crippen molar-refractivity contribution in [3.05, 3.63) is 62.5 Å². The van der Waals surface area contributed by atoms with Crippen LogP contribution in [0.5, 0.6) is 0 Å². The molecule has 47 heavy (non-hydrogen) atoms. The summed E-state index contributed by atoms with van der Waals surface area (Å²) < 4.78 is 2.05. The molecule has 0 saturated carbocycles. The van der Waals surface area contributed by atoms with Gasteiger partial charge in [0.1, 0.15) is 16.9 Å². The number of piperazine rings is 1. The van der Waals surface area contributed by atoms with E-state index in [1.54, 1.807) is 11.3 Å². The fourth-order valence-corrected chi connectivity index (χ4v) is 7.40. The van der Waals surface area contributed by atoms with E-state index in [4.69, 9.17) is 21.7 Å². The minimum atomic E-state index is -1.01. The van der Waals surface area contributed by atoms with E-state index in [1.165, 1.54) is 4.88 Å². The van der Waals surface area contributed by atoms with Crippen molar-refractivity contribution < 1.29 is 19.5 Å². The predicted molar refractivity (Wildman–Crippen MR) is 183 cm³/mol. The Morgan fingerprint density at radius 3 is 2.40 bits per heavy atom. The van der Waals surface area contributed by atoms with E-state index in [0.717, 1.165) is 78.5 Å². The summed E-state index contributed by atoms with van der Waals surface area (Å²) in [5.41, 5.74) is 3.95. The van der Waals surface area contributed by atoms with E-state index in [-0.39, 0.29) is 18.2 Å². The predicted octanol–water partition coefficient (Wildman–Crippen LogP) is 4.67. The molecule has 1 aromatic carbocycles. The van der Waals surface area contributed by atoms with Gasteiger partial charge in [0.15, 0.2) is 5.82 Å². The lowest BCUT2D eigenvalue weighted by molar-refractivity contribution is -0.133. The lowest BCUT2D eigenvalue weighted by Crippen LogP contribution is -2.49. The molecule has 3 aromatic rings. The molecule has 0 spiro atoms. The Bertz CT molecular complexity index is 1610. The summed E-state index contributed by atoms with van der Waals surface area (Å²) in [6.45, 7) is 11.0. The Morgan fingerprint density at radius 1 is 0.957 bits per heavy atom. The average Bonchev–Trinajstić information content (AvgIpc) is 3.53. The quantitative estimate of drug-likeness (QED) is 0.222. The molecule has 14 heteroatoms. The highest BCUT2D eigenvalue weighted by Crippen LogP contribution is 2.39. The van der Waals surface area contributed by atoms with Gasteiger partial charge in [-0.3, -0.25) is 24.0 Å². The number of carbonyl (C=O) groups is 3. The first-order valence-electron chi connectivity index (χ1n) is 16.2. The Hall–Kier alpha value is -3.81. The zero-order valence-corrected chi connectivity index (χ0v) is 28.8. The maximum atomic E-state index is 13.3. The maximum absolute atomic E-state index is 13.3. The molecular formula is C33H43ClN8O4S. The van der Waals surface area contributed by atoms with Crippen molar-refractivity contribution in [2.75, 3.05) is 45.8 Å². The van der Waals surface area contributed by atoms with Crippen LogP contribution in [0.15, 0.2) is 29.3 Å². The third-order valence-electron chi connectivity index (χ3n) is 8.78. The number of fused-ring (bicyclic) bond motifs is 3. The van der Waals surface area contributed by atoms with Gasteiger partial charge in [0.2, 0.25) is 11.8 Å². The Kier molecular flexibility index (Phi) is 11.6. The van der Waals surface area contributed by atoms with Gasteiger partial charge in [0.25, 0.3) is 0 Å². The van der Waals surface area contributed by atoms with Gasteiger partial charge >= 0.3 is 6.09 Å². The van der Waals surface area contributed by atoms with E-state index in [9.17, 15) is 14.4 Å². The van der Waals surface area contributed by atoms with Crippen LogP contribution in [0.2, 0.25) is 5.02 Å². The first kappa shape index (κ1) is 34.5. The Morgan fingerprint density at radius 2 is 1.68 bits per heavy atom. The number of halogens is 1. The molecule has 5 rings (SSSR count). The normalized spacial score (nSPS) is 16.2. The number of nitrogens with zero attached hydrogens (tertiary/aromatic N) is 6. The number of unbranched alkanes of at least 4 members (excludes halogenated alkanes) is 2. The molecule has 1 atom stereocenters. The van der Waals surface area contributed by atoms with Crippen LogP contribution in [-0.2, 0) is 9.59 Å². The number of nitrogens with one attached hydrogen (secondary N) is 2. The molecule has 0 bridgehead atoms. The first-order valence-corrected chi connectivity index (χ1v) is 17.4. The van der Waals surface area contributed by atoms with Gasteiger partial charge in [-0.05, 0) is 64.3 Å². The van der Waals surface area contributed by atoms with E-state index in [1.807, 2.05) is 36.1 Å². The molecular weight excluding hydrogens is 640 g/mol. The van der Waals surface area contributed by atoms with Gasteiger partial charge in [-0.2, -0.15) is 0 Å². The highest BCUT2D eigenvalue weighted by molar-refractivity contribution is 7.15. The van der Waals surface area contributed by atoms with Gasteiger partial charge in [-0.25, -0.2) is 4.79 Å². The van der Waals surface area contributed by atoms with Crippen molar-refractivity contribution in [2.24, 2.45) is 4.99 Å². The number of carbonyl (C=O) groups excluding carboxylic acids is 2. The maximum Gasteiger partial charge on any atom is 0.404 e. The lowest BCUT2D eigenvalue weighted by Gasteiger charge is -2.34. The Balaban J connectivity index is 1.12. The summed E-state index contributed by atoms with van der Waals surface area (Å²) in [6, 6.07) is 7.14. The molecule has 2 aliphatic rings. The van der Waals surface area contributed by atoms with Crippen molar-refractivity contribution in [2.45, 2.75) is 65.3 Å². The van der Waals surface area contributed by atoms with Crippen LogP contribution in [0.25, 0.3) is 5.00 Å². The second-order valence-corrected chi connectivity index (χ2v) is 13.7. The lowest BCUT2D eigenvalue weighted by atomic mass is 9.99. The van der Waals surface area contributed by atoms with Crippen LogP contribution in [0.3, 0.4) is 0 Å². The van der Waals surface area contributed by atoms with E-state index < -0.39 is 12.1 Å². The average molecular weight is 683 g/mol. The summed E-state index contributed by atoms with van der Waals surface area (Å²) in [6.07, 6.45) is 2.76. The van der Waals surface area contributed by atoms with E-state index in [0.29, 0.717) is 43.4 Å². The summed E-state index contributed by atoms with van der Waals surface area (Å²) in [5, 5.41) is 24.6. The number of hydrogen-bond acceptors (Lipinski definition) is 8. The molecule has 3 amide bonds. The molecule has 2 aromatic heterocycles. The highest BCUT2D eigenvalue weighted by Gasteiger charge is 2.32. The third-order valence-corrected chi connectivity index (χ3v) is 10.2. The Labute approximate surface area is 284 Å².